The summed E-state index contributed by atoms with van der Waals surface area (Å²) in [6, 6.07) is 0. The molecule has 0 amide bonds. The largest absolute Gasteiger partial charge is 0.483 e. The van der Waals surface area contributed by atoms with E-state index < -0.39 is 108 Å². The first-order chi connectivity index (χ1) is 23.3. The molecule has 2 aromatic heterocycles. The quantitative estimate of drug-likeness (QED) is 0.0869. The van der Waals surface area contributed by atoms with E-state index in [1.807, 2.05) is 0 Å². The molecular weight excluding hydrogens is 724 g/mol. The minimum Gasteiger partial charge on any atom is -0.463 e. The van der Waals surface area contributed by atoms with Gasteiger partial charge in [0.25, 0.3) is 0 Å². The van der Waals surface area contributed by atoms with Crippen LogP contribution in [0.1, 0.15) is 33.9 Å². The number of nitrogens with two attached hydrogens (primary N) is 1. The zero-order valence-electron chi connectivity index (χ0n) is 26.4. The number of nitrogen functional groups attached to an aromatic ring is 1. The van der Waals surface area contributed by atoms with E-state index in [1.54, 1.807) is 0 Å². The molecule has 0 aromatic carbocycles. The van der Waals surface area contributed by atoms with Gasteiger partial charge in [-0.25, -0.2) is 24.1 Å². The first-order valence-electron chi connectivity index (χ1n) is 14.2. The molecule has 0 aliphatic carbocycles. The Morgan fingerprint density at radius 2 is 1.44 bits per heavy atom. The van der Waals surface area contributed by atoms with Crippen molar-refractivity contribution in [3.63, 3.8) is 0 Å². The van der Waals surface area contributed by atoms with Gasteiger partial charge in [0.05, 0.1) is 12.9 Å². The van der Waals surface area contributed by atoms with Crippen LogP contribution in [0.5, 0.6) is 0 Å². The number of phosphoric acid groups is 2. The Hall–Kier alpha value is -3.67. The van der Waals surface area contributed by atoms with Crippen molar-refractivity contribution in [2.24, 2.45) is 0 Å². The van der Waals surface area contributed by atoms with Crippen LogP contribution in [0.15, 0.2) is 12.7 Å². The first-order valence-corrected chi connectivity index (χ1v) is 17.2. The van der Waals surface area contributed by atoms with Crippen molar-refractivity contribution in [2.75, 3.05) is 18.9 Å². The Morgan fingerprint density at radius 1 is 0.820 bits per heavy atom. The first kappa shape index (κ1) is 39.1. The van der Waals surface area contributed by atoms with Crippen molar-refractivity contribution in [2.45, 2.75) is 82.9 Å². The lowest BCUT2D eigenvalue weighted by atomic mass is 9.98. The van der Waals surface area contributed by atoms with E-state index >= 15 is 0 Å². The maximum atomic E-state index is 13.0. The fourth-order valence-electron chi connectivity index (χ4n) is 4.90. The summed E-state index contributed by atoms with van der Waals surface area (Å²) in [5, 5.41) is 21.1. The molecule has 5 unspecified atom stereocenters. The highest BCUT2D eigenvalue weighted by Gasteiger charge is 2.55. The number of aliphatic hydroxyl groups excluding tert-OH is 2. The highest BCUT2D eigenvalue weighted by Crippen LogP contribution is 2.61. The summed E-state index contributed by atoms with van der Waals surface area (Å²) in [5.41, 5.74) is 6.03. The minimum absolute atomic E-state index is 0.0134. The summed E-state index contributed by atoms with van der Waals surface area (Å²) in [5.74, 6) is -3.88. The van der Waals surface area contributed by atoms with Crippen LogP contribution in [0.25, 0.3) is 11.2 Å². The summed E-state index contributed by atoms with van der Waals surface area (Å²) in [6.07, 6.45) is -13.3. The number of aromatic nitrogens is 4. The number of fused-ring (bicyclic) bond motifs is 1. The fraction of sp³-hybridized carbons (Fsp3) is 0.625. The van der Waals surface area contributed by atoms with Crippen molar-refractivity contribution in [3.8, 4) is 0 Å². The number of rotatable bonds is 13. The third-order valence-electron chi connectivity index (χ3n) is 6.79. The molecule has 2 aromatic rings. The molecule has 24 nitrogen and oxygen atoms in total. The monoisotopic (exact) mass is 757 g/mol. The van der Waals surface area contributed by atoms with Gasteiger partial charge in [-0.05, 0) is 0 Å². The SMILES string of the molecule is CC(=O)OCC1O[C@@H](OP(=O)(O)OP(=O)(O)OC[C@H]2O[C@@H](n3cnc4c(N)ncnc43)[C@@H](O)[C@H]2O)C(OC(C)=O)C(OC(C)=O)[C@@H]1OC(C)=O. The highest BCUT2D eigenvalue weighted by molar-refractivity contribution is 7.61. The standard InChI is InChI=1S/C24H33N5O19P2/c1-9(30)40-5-14-18(42-10(2)31)19(43-11(3)32)20(44-12(4)33)24(46-14)47-50(38,39)48-49(36,37)41-6-13-16(34)17(35)23(45-13)29-8-28-15-21(25)26-7-27-22(15)29/h7-8,13-14,16-20,23-24,34-35H,5-6H2,1-4H3,(H,36,37)(H,38,39)(H2,25,26,27)/t13-,14?,16+,17+,18-,19?,20?,23-,24+/m1/s1. The lowest BCUT2D eigenvalue weighted by Gasteiger charge is -2.43. The average Bonchev–Trinajstić information content (AvgIpc) is 3.54. The van der Waals surface area contributed by atoms with E-state index in [0.717, 1.165) is 34.0 Å². The van der Waals surface area contributed by atoms with E-state index in [-0.39, 0.29) is 17.0 Å². The molecule has 2 saturated heterocycles. The molecule has 4 heterocycles. The van der Waals surface area contributed by atoms with Crippen molar-refractivity contribution >= 4 is 56.5 Å². The van der Waals surface area contributed by atoms with E-state index in [9.17, 15) is 48.3 Å². The Kier molecular flexibility index (Phi) is 12.3. The number of imidazole rings is 1. The maximum absolute atomic E-state index is 13.0. The number of carbonyl (C=O) groups excluding carboxylic acids is 4. The predicted molar refractivity (Wildman–Crippen MR) is 155 cm³/mol. The summed E-state index contributed by atoms with van der Waals surface area (Å²) in [6.45, 7) is 2.06. The van der Waals surface area contributed by atoms with Crippen LogP contribution in [0.4, 0.5) is 5.82 Å². The topological polar surface area (TPSA) is 336 Å². The normalized spacial score (nSPS) is 30.5. The van der Waals surface area contributed by atoms with Gasteiger partial charge >= 0.3 is 39.5 Å². The Labute approximate surface area is 280 Å². The number of phosphoric ester groups is 2. The molecule has 0 radical (unpaired) electrons. The van der Waals surface area contributed by atoms with Crippen molar-refractivity contribution in [1.29, 1.82) is 0 Å². The van der Waals surface area contributed by atoms with Gasteiger partial charge in [-0.3, -0.25) is 32.8 Å². The van der Waals surface area contributed by atoms with E-state index in [0.29, 0.717) is 0 Å². The van der Waals surface area contributed by atoms with Crippen LogP contribution in [0.3, 0.4) is 0 Å². The van der Waals surface area contributed by atoms with Gasteiger partial charge < -0.3 is 54.2 Å². The maximum Gasteiger partial charge on any atom is 0.483 e. The molecule has 2 fully saturated rings. The number of aliphatic hydroxyl groups is 2. The second-order valence-electron chi connectivity index (χ2n) is 10.6. The third kappa shape index (κ3) is 9.56. The van der Waals surface area contributed by atoms with Crippen LogP contribution in [-0.2, 0) is 70.1 Å². The van der Waals surface area contributed by atoms with Crippen LogP contribution in [0.2, 0.25) is 0 Å². The molecule has 0 spiro atoms. The molecule has 278 valence electrons. The zero-order valence-corrected chi connectivity index (χ0v) is 28.2. The van der Waals surface area contributed by atoms with Crippen LogP contribution < -0.4 is 5.73 Å². The number of esters is 4. The number of hydrogen-bond acceptors (Lipinski definition) is 21. The van der Waals surface area contributed by atoms with Crippen LogP contribution in [-0.4, -0.2) is 126 Å². The lowest BCUT2D eigenvalue weighted by Crippen LogP contribution is -2.62. The van der Waals surface area contributed by atoms with Gasteiger partial charge in [0.15, 0.2) is 36.0 Å². The number of hydrogen-bond donors (Lipinski definition) is 5. The van der Waals surface area contributed by atoms with Crippen molar-refractivity contribution in [1.82, 2.24) is 19.5 Å². The number of carbonyl (C=O) groups is 4. The van der Waals surface area contributed by atoms with Gasteiger partial charge in [-0.2, -0.15) is 4.31 Å². The van der Waals surface area contributed by atoms with Crippen LogP contribution in [0, 0.1) is 0 Å². The smallest absolute Gasteiger partial charge is 0.463 e. The Bertz CT molecular complexity index is 1690. The van der Waals surface area contributed by atoms with Crippen LogP contribution >= 0.6 is 15.6 Å². The van der Waals surface area contributed by atoms with Crippen molar-refractivity contribution < 1.29 is 90.1 Å². The summed E-state index contributed by atoms with van der Waals surface area (Å²) >= 11 is 0. The number of nitrogens with zero attached hydrogens (tertiary/aromatic N) is 4. The Balaban J connectivity index is 1.49. The summed E-state index contributed by atoms with van der Waals surface area (Å²) < 4.78 is 72.4. The molecule has 2 aliphatic heterocycles. The van der Waals surface area contributed by atoms with E-state index in [4.69, 9.17) is 43.2 Å². The van der Waals surface area contributed by atoms with Gasteiger partial charge in [-0.1, -0.05) is 0 Å². The third-order valence-corrected chi connectivity index (χ3v) is 9.39. The molecule has 4 rings (SSSR count). The molecule has 6 N–H and O–H groups in total. The number of anilines is 1. The van der Waals surface area contributed by atoms with Gasteiger partial charge in [0, 0.05) is 27.7 Å². The summed E-state index contributed by atoms with van der Waals surface area (Å²) in [7, 11) is -11.4. The second kappa shape index (κ2) is 15.7. The van der Waals surface area contributed by atoms with E-state index in [2.05, 4.69) is 19.3 Å². The second-order valence-corrected chi connectivity index (χ2v) is 13.6. The number of ether oxygens (including phenoxy) is 6. The summed E-state index contributed by atoms with van der Waals surface area (Å²) in [4.78, 5) is 79.8. The molecule has 50 heavy (non-hydrogen) atoms. The molecule has 0 bridgehead atoms. The lowest BCUT2D eigenvalue weighted by molar-refractivity contribution is -0.291. The van der Waals surface area contributed by atoms with Gasteiger partial charge in [-0.15, -0.1) is 0 Å². The highest BCUT2D eigenvalue weighted by atomic mass is 31.3. The fourth-order valence-corrected chi connectivity index (χ4v) is 7.05. The molecular formula is C24H33N5O19P2. The molecule has 11 atom stereocenters. The molecule has 26 heteroatoms. The van der Waals surface area contributed by atoms with Gasteiger partial charge in [0.2, 0.25) is 6.29 Å². The van der Waals surface area contributed by atoms with Crippen molar-refractivity contribution in [3.05, 3.63) is 12.7 Å². The van der Waals surface area contributed by atoms with Gasteiger partial charge in [0.1, 0.15) is 42.9 Å². The van der Waals surface area contributed by atoms with E-state index in [1.165, 1.54) is 10.9 Å². The average molecular weight is 757 g/mol. The Morgan fingerprint density at radius 3 is 2.06 bits per heavy atom. The predicted octanol–water partition coefficient (Wildman–Crippen LogP) is -1.64. The minimum atomic E-state index is -5.81. The molecule has 0 saturated carbocycles. The zero-order chi connectivity index (χ0) is 37.1. The molecule has 2 aliphatic rings.